The number of ether oxygens (including phenoxy) is 1. The lowest BCUT2D eigenvalue weighted by Gasteiger charge is -2.03. The number of imidazole rings is 1. The van der Waals surface area contributed by atoms with Crippen LogP contribution in [0.3, 0.4) is 0 Å². The molecule has 0 radical (unpaired) electrons. The molecule has 0 saturated carbocycles. The highest BCUT2D eigenvalue weighted by Crippen LogP contribution is 2.04. The van der Waals surface area contributed by atoms with Crippen molar-refractivity contribution in [2.75, 3.05) is 13.2 Å². The van der Waals surface area contributed by atoms with E-state index in [9.17, 15) is 0 Å². The maximum absolute atomic E-state index is 8.82. The average Bonchev–Trinajstić information content (AvgIpc) is 2.66. The fourth-order valence-electron chi connectivity index (χ4n) is 1.16. The Balaban J connectivity index is 2.59. The molecule has 5 heteroatoms. The van der Waals surface area contributed by atoms with Gasteiger partial charge in [-0.1, -0.05) is 6.92 Å². The van der Waals surface area contributed by atoms with Crippen LogP contribution in [0.25, 0.3) is 0 Å². The molecule has 1 aromatic rings. The molecule has 0 saturated heterocycles. The van der Waals surface area contributed by atoms with Crippen LogP contribution in [0.5, 0.6) is 0 Å². The van der Waals surface area contributed by atoms with Crippen molar-refractivity contribution in [2.24, 2.45) is 0 Å². The van der Waals surface area contributed by atoms with E-state index in [4.69, 9.17) is 15.3 Å². The van der Waals surface area contributed by atoms with E-state index in [-0.39, 0.29) is 5.69 Å². The third kappa shape index (κ3) is 2.80. The van der Waals surface area contributed by atoms with Crippen LogP contribution in [0, 0.1) is 22.7 Å². The smallest absolute Gasteiger partial charge is 0.176 e. The van der Waals surface area contributed by atoms with Crippen molar-refractivity contribution < 1.29 is 4.74 Å². The molecule has 78 valence electrons. The topological polar surface area (TPSA) is 74.6 Å². The predicted octanol–water partition coefficient (Wildman–Crippen LogP) is 1.05. The molecule has 15 heavy (non-hydrogen) atoms. The Morgan fingerprint density at radius 2 is 2.20 bits per heavy atom. The van der Waals surface area contributed by atoms with Gasteiger partial charge in [-0.15, -0.1) is 0 Å². The molecular weight excluding hydrogens is 192 g/mol. The number of hydrogen-bond acceptors (Lipinski definition) is 4. The fraction of sp³-hybridized carbons (Fsp3) is 0.500. The van der Waals surface area contributed by atoms with Crippen molar-refractivity contribution in [2.45, 2.75) is 19.9 Å². The molecule has 0 aliphatic heterocycles. The molecule has 0 aliphatic rings. The molecule has 0 atom stereocenters. The SMILES string of the molecule is CCCOCCn1cnc(C#N)c1C#N. The summed E-state index contributed by atoms with van der Waals surface area (Å²) in [4.78, 5) is 3.83. The predicted molar refractivity (Wildman–Crippen MR) is 52.8 cm³/mol. The maximum atomic E-state index is 8.82. The lowest BCUT2D eigenvalue weighted by molar-refractivity contribution is 0.126. The Hall–Kier alpha value is -1.85. The first-order valence-electron chi connectivity index (χ1n) is 4.76. The van der Waals surface area contributed by atoms with E-state index in [1.54, 1.807) is 4.57 Å². The van der Waals surface area contributed by atoms with E-state index >= 15 is 0 Å². The van der Waals surface area contributed by atoms with Crippen LogP contribution >= 0.6 is 0 Å². The number of aromatic nitrogens is 2. The largest absolute Gasteiger partial charge is 0.380 e. The van der Waals surface area contributed by atoms with E-state index in [0.717, 1.165) is 6.42 Å². The molecule has 1 rings (SSSR count). The van der Waals surface area contributed by atoms with Gasteiger partial charge in [0.15, 0.2) is 11.4 Å². The van der Waals surface area contributed by atoms with Crippen LogP contribution in [-0.2, 0) is 11.3 Å². The van der Waals surface area contributed by atoms with E-state index in [1.807, 2.05) is 19.1 Å². The molecule has 0 aliphatic carbocycles. The van der Waals surface area contributed by atoms with Crippen molar-refractivity contribution in [1.82, 2.24) is 9.55 Å². The van der Waals surface area contributed by atoms with Crippen molar-refractivity contribution in [3.8, 4) is 12.1 Å². The molecule has 0 fully saturated rings. The van der Waals surface area contributed by atoms with E-state index < -0.39 is 0 Å². The summed E-state index contributed by atoms with van der Waals surface area (Å²) >= 11 is 0. The Kier molecular flexibility index (Phi) is 4.33. The molecule has 0 aromatic carbocycles. The first-order chi connectivity index (χ1) is 7.33. The minimum atomic E-state index is 0.174. The first-order valence-corrected chi connectivity index (χ1v) is 4.76. The standard InChI is InChI=1S/C10H12N4O/c1-2-4-15-5-3-14-8-13-9(6-11)10(14)7-12/h8H,2-5H2,1H3. The van der Waals surface area contributed by atoms with Gasteiger partial charge in [0.1, 0.15) is 12.1 Å². The summed E-state index contributed by atoms with van der Waals surface area (Å²) in [6, 6.07) is 3.83. The van der Waals surface area contributed by atoms with Crippen LogP contribution in [0.1, 0.15) is 24.7 Å². The van der Waals surface area contributed by atoms with Crippen molar-refractivity contribution in [1.29, 1.82) is 10.5 Å². The fourth-order valence-corrected chi connectivity index (χ4v) is 1.16. The summed E-state index contributed by atoms with van der Waals surface area (Å²) < 4.78 is 6.92. The Morgan fingerprint density at radius 1 is 1.40 bits per heavy atom. The number of rotatable bonds is 5. The first kappa shape index (κ1) is 11.2. The summed E-state index contributed by atoms with van der Waals surface area (Å²) in [6.07, 6.45) is 2.46. The molecule has 0 spiro atoms. The van der Waals surface area contributed by atoms with Crippen LogP contribution < -0.4 is 0 Å². The molecule has 0 bridgehead atoms. The molecule has 0 amide bonds. The zero-order valence-electron chi connectivity index (χ0n) is 8.60. The van der Waals surface area contributed by atoms with Gasteiger partial charge in [0, 0.05) is 13.2 Å². The molecule has 0 unspecified atom stereocenters. The van der Waals surface area contributed by atoms with Gasteiger partial charge >= 0.3 is 0 Å². The number of hydrogen-bond donors (Lipinski definition) is 0. The zero-order chi connectivity index (χ0) is 11.1. The van der Waals surface area contributed by atoms with Crippen LogP contribution in [0.2, 0.25) is 0 Å². The summed E-state index contributed by atoms with van der Waals surface area (Å²) in [7, 11) is 0. The van der Waals surface area contributed by atoms with Crippen molar-refractivity contribution in [3.05, 3.63) is 17.7 Å². The lowest BCUT2D eigenvalue weighted by Crippen LogP contribution is -2.07. The van der Waals surface area contributed by atoms with E-state index in [0.29, 0.717) is 25.5 Å². The van der Waals surface area contributed by atoms with Crippen LogP contribution in [0.4, 0.5) is 0 Å². The van der Waals surface area contributed by atoms with Gasteiger partial charge in [-0.25, -0.2) is 4.98 Å². The highest BCUT2D eigenvalue weighted by Gasteiger charge is 2.08. The van der Waals surface area contributed by atoms with Crippen molar-refractivity contribution >= 4 is 0 Å². The Labute approximate surface area is 88.5 Å². The second-order valence-electron chi connectivity index (χ2n) is 2.97. The molecule has 1 aromatic heterocycles. The second-order valence-corrected chi connectivity index (χ2v) is 2.97. The number of nitrogens with zero attached hydrogens (tertiary/aromatic N) is 4. The normalized spacial score (nSPS) is 9.53. The molecule has 1 heterocycles. The zero-order valence-corrected chi connectivity index (χ0v) is 8.60. The summed E-state index contributed by atoms with van der Waals surface area (Å²) in [5, 5.41) is 17.5. The summed E-state index contributed by atoms with van der Waals surface area (Å²) in [5.74, 6) is 0. The Bertz CT molecular complexity index is 397. The highest BCUT2D eigenvalue weighted by atomic mass is 16.5. The van der Waals surface area contributed by atoms with Gasteiger partial charge in [0.05, 0.1) is 12.9 Å². The van der Waals surface area contributed by atoms with E-state index in [1.165, 1.54) is 6.33 Å². The molecule has 5 nitrogen and oxygen atoms in total. The molecule has 0 N–H and O–H groups in total. The van der Waals surface area contributed by atoms with Gasteiger partial charge in [0.25, 0.3) is 0 Å². The van der Waals surface area contributed by atoms with Gasteiger partial charge in [0.2, 0.25) is 0 Å². The third-order valence-electron chi connectivity index (χ3n) is 1.87. The third-order valence-corrected chi connectivity index (χ3v) is 1.87. The maximum Gasteiger partial charge on any atom is 0.176 e. The number of nitriles is 2. The Morgan fingerprint density at radius 3 is 2.80 bits per heavy atom. The van der Waals surface area contributed by atoms with E-state index in [2.05, 4.69) is 4.98 Å². The molecular formula is C10H12N4O. The van der Waals surface area contributed by atoms with Crippen LogP contribution in [0.15, 0.2) is 6.33 Å². The minimum absolute atomic E-state index is 0.174. The van der Waals surface area contributed by atoms with Crippen LogP contribution in [-0.4, -0.2) is 22.8 Å². The van der Waals surface area contributed by atoms with Gasteiger partial charge in [-0.3, -0.25) is 0 Å². The summed E-state index contributed by atoms with van der Waals surface area (Å²) in [6.45, 7) is 3.83. The quantitative estimate of drug-likeness (QED) is 0.672. The van der Waals surface area contributed by atoms with Gasteiger partial charge < -0.3 is 9.30 Å². The minimum Gasteiger partial charge on any atom is -0.380 e. The van der Waals surface area contributed by atoms with Crippen molar-refractivity contribution in [3.63, 3.8) is 0 Å². The van der Waals surface area contributed by atoms with Gasteiger partial charge in [-0.05, 0) is 6.42 Å². The van der Waals surface area contributed by atoms with Gasteiger partial charge in [-0.2, -0.15) is 10.5 Å². The monoisotopic (exact) mass is 204 g/mol. The second kappa shape index (κ2) is 5.79. The highest BCUT2D eigenvalue weighted by molar-refractivity contribution is 5.35. The lowest BCUT2D eigenvalue weighted by atomic mass is 10.3. The summed E-state index contributed by atoms with van der Waals surface area (Å²) in [5.41, 5.74) is 0.477. The average molecular weight is 204 g/mol.